The Bertz CT molecular complexity index is 401. The quantitative estimate of drug-likeness (QED) is 0.856. The highest BCUT2D eigenvalue weighted by atomic mass is 35.5. The van der Waals surface area contributed by atoms with Gasteiger partial charge in [-0.3, -0.25) is 0 Å². The van der Waals surface area contributed by atoms with Crippen LogP contribution in [0.5, 0.6) is 5.75 Å². The topological polar surface area (TPSA) is 21.3 Å². The van der Waals surface area contributed by atoms with Crippen LogP contribution < -0.4 is 10.1 Å². The SMILES string of the molecule is COc1ccc(NC(C2CC2)C2CC2)cc1Cl. The molecule has 2 nitrogen and oxygen atoms in total. The molecule has 0 radical (unpaired) electrons. The van der Waals surface area contributed by atoms with Crippen LogP contribution in [0.1, 0.15) is 25.7 Å². The van der Waals surface area contributed by atoms with Crippen molar-refractivity contribution in [3.05, 3.63) is 23.2 Å². The Morgan fingerprint density at radius 1 is 1.24 bits per heavy atom. The smallest absolute Gasteiger partial charge is 0.137 e. The first-order valence-electron chi connectivity index (χ1n) is 6.38. The van der Waals surface area contributed by atoms with Crippen LogP contribution in [0.3, 0.4) is 0 Å². The first kappa shape index (κ1) is 11.2. The van der Waals surface area contributed by atoms with E-state index in [4.69, 9.17) is 16.3 Å². The number of hydrogen-bond acceptors (Lipinski definition) is 2. The molecule has 1 aromatic rings. The molecule has 0 aromatic heterocycles. The molecule has 0 heterocycles. The Morgan fingerprint density at radius 2 is 1.88 bits per heavy atom. The van der Waals surface area contributed by atoms with Crippen LogP contribution in [0.15, 0.2) is 18.2 Å². The summed E-state index contributed by atoms with van der Waals surface area (Å²) < 4.78 is 5.16. The highest BCUT2D eigenvalue weighted by Crippen LogP contribution is 2.46. The summed E-state index contributed by atoms with van der Waals surface area (Å²) in [4.78, 5) is 0. The van der Waals surface area contributed by atoms with Crippen molar-refractivity contribution in [3.63, 3.8) is 0 Å². The first-order chi connectivity index (χ1) is 8.28. The van der Waals surface area contributed by atoms with E-state index in [-0.39, 0.29) is 0 Å². The second kappa shape index (κ2) is 4.41. The number of ether oxygens (including phenoxy) is 1. The summed E-state index contributed by atoms with van der Waals surface area (Å²) in [6.45, 7) is 0. The second-order valence-corrected chi connectivity index (χ2v) is 5.60. The van der Waals surface area contributed by atoms with Crippen LogP contribution in [0.4, 0.5) is 5.69 Å². The van der Waals surface area contributed by atoms with E-state index in [1.165, 1.54) is 25.7 Å². The van der Waals surface area contributed by atoms with Crippen molar-refractivity contribution in [1.82, 2.24) is 0 Å². The third kappa shape index (κ3) is 2.52. The number of nitrogens with one attached hydrogen (secondary N) is 1. The lowest BCUT2D eigenvalue weighted by Gasteiger charge is -2.19. The van der Waals surface area contributed by atoms with Crippen molar-refractivity contribution in [3.8, 4) is 5.75 Å². The molecule has 2 saturated carbocycles. The van der Waals surface area contributed by atoms with E-state index in [0.717, 1.165) is 23.3 Å². The predicted octanol–water partition coefficient (Wildman–Crippen LogP) is 3.95. The minimum absolute atomic E-state index is 0.666. The number of benzene rings is 1. The average molecular weight is 252 g/mol. The van der Waals surface area contributed by atoms with Gasteiger partial charge >= 0.3 is 0 Å². The van der Waals surface area contributed by atoms with Gasteiger partial charge in [0.25, 0.3) is 0 Å². The molecule has 0 amide bonds. The van der Waals surface area contributed by atoms with Crippen LogP contribution in [-0.4, -0.2) is 13.2 Å². The lowest BCUT2D eigenvalue weighted by atomic mass is 10.1. The molecule has 0 aliphatic heterocycles. The molecule has 0 unspecified atom stereocenters. The summed E-state index contributed by atoms with van der Waals surface area (Å²) in [5, 5.41) is 4.34. The van der Waals surface area contributed by atoms with Gasteiger partial charge in [0.1, 0.15) is 5.75 Å². The van der Waals surface area contributed by atoms with Crippen molar-refractivity contribution in [2.45, 2.75) is 31.7 Å². The Morgan fingerprint density at radius 3 is 2.35 bits per heavy atom. The van der Waals surface area contributed by atoms with Gasteiger partial charge in [-0.25, -0.2) is 0 Å². The van der Waals surface area contributed by atoms with Crippen molar-refractivity contribution in [2.75, 3.05) is 12.4 Å². The zero-order valence-corrected chi connectivity index (χ0v) is 10.8. The number of halogens is 1. The van der Waals surface area contributed by atoms with E-state index in [9.17, 15) is 0 Å². The average Bonchev–Trinajstić information content (AvgIpc) is 3.16. The van der Waals surface area contributed by atoms with Gasteiger partial charge in [-0.1, -0.05) is 11.6 Å². The third-order valence-corrected chi connectivity index (χ3v) is 4.04. The number of hydrogen-bond donors (Lipinski definition) is 1. The van der Waals surface area contributed by atoms with Crippen molar-refractivity contribution >= 4 is 17.3 Å². The maximum absolute atomic E-state index is 6.14. The van der Waals surface area contributed by atoms with E-state index >= 15 is 0 Å². The van der Waals surface area contributed by atoms with Gasteiger partial charge in [-0.05, 0) is 55.7 Å². The fourth-order valence-electron chi connectivity index (χ4n) is 2.48. The van der Waals surface area contributed by atoms with Crippen molar-refractivity contribution < 1.29 is 4.74 Å². The number of methoxy groups -OCH3 is 1. The van der Waals surface area contributed by atoms with Gasteiger partial charge in [0.2, 0.25) is 0 Å². The highest BCUT2D eigenvalue weighted by Gasteiger charge is 2.41. The molecular weight excluding hydrogens is 234 g/mol. The maximum Gasteiger partial charge on any atom is 0.137 e. The third-order valence-electron chi connectivity index (χ3n) is 3.74. The lowest BCUT2D eigenvalue weighted by Crippen LogP contribution is -2.24. The second-order valence-electron chi connectivity index (χ2n) is 5.19. The molecule has 17 heavy (non-hydrogen) atoms. The molecule has 0 atom stereocenters. The van der Waals surface area contributed by atoms with E-state index in [1.807, 2.05) is 12.1 Å². The van der Waals surface area contributed by atoms with Gasteiger partial charge in [0, 0.05) is 11.7 Å². The summed E-state index contributed by atoms with van der Waals surface area (Å²) >= 11 is 6.14. The van der Waals surface area contributed by atoms with Crippen LogP contribution in [0.25, 0.3) is 0 Å². The highest BCUT2D eigenvalue weighted by molar-refractivity contribution is 6.32. The molecule has 1 N–H and O–H groups in total. The molecule has 1 aromatic carbocycles. The molecule has 3 heteroatoms. The van der Waals surface area contributed by atoms with E-state index in [2.05, 4.69) is 11.4 Å². The first-order valence-corrected chi connectivity index (χ1v) is 6.76. The van der Waals surface area contributed by atoms with Crippen LogP contribution in [0.2, 0.25) is 5.02 Å². The van der Waals surface area contributed by atoms with Gasteiger partial charge in [-0.15, -0.1) is 0 Å². The molecule has 0 bridgehead atoms. The molecule has 2 fully saturated rings. The molecule has 3 rings (SSSR count). The molecule has 2 aliphatic rings. The minimum Gasteiger partial charge on any atom is -0.495 e. The van der Waals surface area contributed by atoms with Gasteiger partial charge in [0.15, 0.2) is 0 Å². The van der Waals surface area contributed by atoms with Crippen LogP contribution in [0, 0.1) is 11.8 Å². The van der Waals surface area contributed by atoms with Gasteiger partial charge in [-0.2, -0.15) is 0 Å². The Balaban J connectivity index is 1.72. The lowest BCUT2D eigenvalue weighted by molar-refractivity contribution is 0.415. The maximum atomic E-state index is 6.14. The number of anilines is 1. The summed E-state index contributed by atoms with van der Waals surface area (Å²) in [5.74, 6) is 2.53. The largest absolute Gasteiger partial charge is 0.495 e. The Hall–Kier alpha value is -0.890. The van der Waals surface area contributed by atoms with E-state index in [0.29, 0.717) is 11.1 Å². The summed E-state index contributed by atoms with van der Waals surface area (Å²) in [6, 6.07) is 6.63. The summed E-state index contributed by atoms with van der Waals surface area (Å²) in [5.41, 5.74) is 1.12. The minimum atomic E-state index is 0.666. The monoisotopic (exact) mass is 251 g/mol. The van der Waals surface area contributed by atoms with Crippen molar-refractivity contribution in [2.24, 2.45) is 11.8 Å². The van der Waals surface area contributed by atoms with Crippen molar-refractivity contribution in [1.29, 1.82) is 0 Å². The predicted molar refractivity (Wildman–Crippen MR) is 70.9 cm³/mol. The Labute approximate surface area is 107 Å². The fourth-order valence-corrected chi connectivity index (χ4v) is 2.74. The summed E-state index contributed by atoms with van der Waals surface area (Å²) in [6.07, 6.45) is 5.55. The molecule has 0 spiro atoms. The van der Waals surface area contributed by atoms with Gasteiger partial charge < -0.3 is 10.1 Å². The normalized spacial score (nSPS) is 19.5. The zero-order valence-electron chi connectivity index (χ0n) is 10.1. The van der Waals surface area contributed by atoms with Crippen LogP contribution >= 0.6 is 11.6 Å². The summed E-state index contributed by atoms with van der Waals surface area (Å²) in [7, 11) is 1.64. The standard InChI is InChI=1S/C14H18ClNO/c1-17-13-7-6-11(8-12(13)15)16-14(9-2-3-9)10-4-5-10/h6-10,14,16H,2-5H2,1H3. The Kier molecular flexibility index (Phi) is 2.91. The molecule has 92 valence electrons. The molecule has 0 saturated heterocycles. The van der Waals surface area contributed by atoms with E-state index < -0.39 is 0 Å². The van der Waals surface area contributed by atoms with E-state index in [1.54, 1.807) is 7.11 Å². The fraction of sp³-hybridized carbons (Fsp3) is 0.571. The molecule has 2 aliphatic carbocycles. The number of rotatable bonds is 5. The van der Waals surface area contributed by atoms with Gasteiger partial charge in [0.05, 0.1) is 12.1 Å². The zero-order chi connectivity index (χ0) is 11.8. The van der Waals surface area contributed by atoms with Crippen LogP contribution in [-0.2, 0) is 0 Å². The molecular formula is C14H18ClNO.